The highest BCUT2D eigenvalue weighted by atomic mass is 32.2. The average molecular weight is 363 g/mol. The van der Waals surface area contributed by atoms with Crippen molar-refractivity contribution in [1.82, 2.24) is 4.31 Å². The minimum absolute atomic E-state index is 0.000237. The molecule has 0 fully saturated rings. The molecule has 0 heterocycles. The van der Waals surface area contributed by atoms with Crippen molar-refractivity contribution in [2.45, 2.75) is 31.3 Å². The smallest absolute Gasteiger partial charge is 0.292 e. The average Bonchev–Trinajstić information content (AvgIpc) is 2.59. The van der Waals surface area contributed by atoms with Crippen LogP contribution in [0.4, 0.5) is 11.4 Å². The molecule has 0 saturated carbocycles. The second kappa shape index (κ2) is 7.62. The topological polar surface area (TPSA) is 92.6 Å². The summed E-state index contributed by atoms with van der Waals surface area (Å²) in [6.45, 7) is 3.97. The summed E-state index contributed by atoms with van der Waals surface area (Å²) in [5.41, 5.74) is 1.24. The monoisotopic (exact) mass is 363 g/mol. The van der Waals surface area contributed by atoms with Gasteiger partial charge < -0.3 is 5.32 Å². The van der Waals surface area contributed by atoms with Gasteiger partial charge in [0.2, 0.25) is 10.0 Å². The normalized spacial score (nSPS) is 11.7. The van der Waals surface area contributed by atoms with Crippen LogP contribution in [0, 0.1) is 10.1 Å². The number of hydrogen-bond donors (Lipinski definition) is 1. The highest BCUT2D eigenvalue weighted by Crippen LogP contribution is 2.24. The largest absolute Gasteiger partial charge is 0.375 e. The van der Waals surface area contributed by atoms with Gasteiger partial charge in [0.05, 0.1) is 9.82 Å². The first-order valence-electron chi connectivity index (χ1n) is 7.77. The number of sulfonamides is 1. The van der Waals surface area contributed by atoms with Crippen LogP contribution in [0.15, 0.2) is 53.4 Å². The molecule has 0 radical (unpaired) electrons. The maximum atomic E-state index is 12.4. The van der Waals surface area contributed by atoms with Crippen LogP contribution in [-0.4, -0.2) is 30.7 Å². The molecule has 2 aromatic carbocycles. The van der Waals surface area contributed by atoms with Crippen LogP contribution < -0.4 is 5.32 Å². The van der Waals surface area contributed by atoms with Crippen molar-refractivity contribution in [1.29, 1.82) is 0 Å². The van der Waals surface area contributed by atoms with Crippen molar-refractivity contribution in [3.8, 4) is 0 Å². The molecule has 0 aromatic heterocycles. The Kier molecular flexibility index (Phi) is 5.76. The van der Waals surface area contributed by atoms with Crippen molar-refractivity contribution in [2.24, 2.45) is 0 Å². The molecule has 134 valence electrons. The van der Waals surface area contributed by atoms with Crippen molar-refractivity contribution in [2.75, 3.05) is 12.4 Å². The van der Waals surface area contributed by atoms with Crippen LogP contribution in [0.3, 0.4) is 0 Å². The lowest BCUT2D eigenvalue weighted by atomic mass is 10.2. The van der Waals surface area contributed by atoms with Crippen LogP contribution >= 0.6 is 0 Å². The van der Waals surface area contributed by atoms with Crippen molar-refractivity contribution >= 4 is 21.4 Å². The number of benzene rings is 2. The number of para-hydroxylation sites is 2. The molecule has 0 unspecified atom stereocenters. The minimum Gasteiger partial charge on any atom is -0.375 e. The number of anilines is 1. The quantitative estimate of drug-likeness (QED) is 0.602. The molecule has 1 N–H and O–H groups in total. The fraction of sp³-hybridized carbons (Fsp3) is 0.294. The first-order valence-corrected chi connectivity index (χ1v) is 9.21. The van der Waals surface area contributed by atoms with Crippen LogP contribution in [-0.2, 0) is 16.6 Å². The molecule has 25 heavy (non-hydrogen) atoms. The van der Waals surface area contributed by atoms with E-state index in [1.807, 2.05) is 13.8 Å². The zero-order valence-electron chi connectivity index (χ0n) is 14.3. The third kappa shape index (κ3) is 4.34. The Morgan fingerprint density at radius 3 is 2.28 bits per heavy atom. The Morgan fingerprint density at radius 2 is 1.72 bits per heavy atom. The third-order valence-electron chi connectivity index (χ3n) is 3.91. The van der Waals surface area contributed by atoms with Gasteiger partial charge in [-0.2, -0.15) is 4.31 Å². The Balaban J connectivity index is 2.13. The van der Waals surface area contributed by atoms with Gasteiger partial charge in [-0.25, -0.2) is 8.42 Å². The van der Waals surface area contributed by atoms with Crippen LogP contribution in [0.5, 0.6) is 0 Å². The van der Waals surface area contributed by atoms with Gasteiger partial charge in [0.25, 0.3) is 5.69 Å². The second-order valence-corrected chi connectivity index (χ2v) is 7.88. The highest BCUT2D eigenvalue weighted by Gasteiger charge is 2.22. The molecule has 0 amide bonds. The Labute approximate surface area is 147 Å². The number of rotatable bonds is 7. The summed E-state index contributed by atoms with van der Waals surface area (Å²) in [6, 6.07) is 12.7. The van der Waals surface area contributed by atoms with Gasteiger partial charge in [0.15, 0.2) is 0 Å². The van der Waals surface area contributed by atoms with E-state index < -0.39 is 14.9 Å². The van der Waals surface area contributed by atoms with Gasteiger partial charge in [-0.15, -0.1) is 0 Å². The van der Waals surface area contributed by atoms with Crippen LogP contribution in [0.2, 0.25) is 0 Å². The van der Waals surface area contributed by atoms with E-state index in [-0.39, 0.29) is 16.6 Å². The fourth-order valence-corrected chi connectivity index (χ4v) is 3.57. The summed E-state index contributed by atoms with van der Waals surface area (Å²) in [5, 5.41) is 14.0. The molecule has 0 aliphatic heterocycles. The SMILES string of the molecule is CC(C)N(C)S(=O)(=O)c1ccc(CNc2ccccc2[N+](=O)[O-])cc1. The summed E-state index contributed by atoms with van der Waals surface area (Å²) in [5.74, 6) is 0. The van der Waals surface area contributed by atoms with E-state index in [4.69, 9.17) is 0 Å². The Hall–Kier alpha value is -2.45. The molecule has 0 saturated heterocycles. The molecule has 0 atom stereocenters. The molecular weight excluding hydrogens is 342 g/mol. The van der Waals surface area contributed by atoms with E-state index in [0.29, 0.717) is 12.2 Å². The Morgan fingerprint density at radius 1 is 1.12 bits per heavy atom. The molecular formula is C17H21N3O4S. The molecule has 0 aliphatic carbocycles. The standard InChI is InChI=1S/C17H21N3O4S/c1-13(2)19(3)25(23,24)15-10-8-14(9-11-15)12-18-16-6-4-5-7-17(16)20(21)22/h4-11,13,18H,12H2,1-3H3. The first-order chi connectivity index (χ1) is 11.7. The number of nitrogens with one attached hydrogen (secondary N) is 1. The molecule has 8 heteroatoms. The summed E-state index contributed by atoms with van der Waals surface area (Å²) in [6.07, 6.45) is 0. The number of nitrogens with zero attached hydrogens (tertiary/aromatic N) is 2. The van der Waals surface area contributed by atoms with Gasteiger partial charge in [-0.3, -0.25) is 10.1 Å². The molecule has 0 spiro atoms. The lowest BCUT2D eigenvalue weighted by molar-refractivity contribution is -0.384. The predicted octanol–water partition coefficient (Wildman–Crippen LogP) is 3.24. The highest BCUT2D eigenvalue weighted by molar-refractivity contribution is 7.89. The van der Waals surface area contributed by atoms with Gasteiger partial charge in [0.1, 0.15) is 5.69 Å². The number of nitro benzene ring substituents is 1. The minimum atomic E-state index is -3.52. The van der Waals surface area contributed by atoms with Crippen molar-refractivity contribution < 1.29 is 13.3 Å². The maximum Gasteiger partial charge on any atom is 0.292 e. The third-order valence-corrected chi connectivity index (χ3v) is 5.96. The molecule has 7 nitrogen and oxygen atoms in total. The van der Waals surface area contributed by atoms with Crippen molar-refractivity contribution in [3.05, 3.63) is 64.2 Å². The van der Waals surface area contributed by atoms with Crippen LogP contribution in [0.25, 0.3) is 0 Å². The van der Waals surface area contributed by atoms with E-state index in [1.54, 1.807) is 49.5 Å². The van der Waals surface area contributed by atoms with E-state index in [2.05, 4.69) is 5.32 Å². The van der Waals surface area contributed by atoms with Crippen LogP contribution in [0.1, 0.15) is 19.4 Å². The zero-order chi connectivity index (χ0) is 18.6. The zero-order valence-corrected chi connectivity index (χ0v) is 15.2. The number of hydrogen-bond acceptors (Lipinski definition) is 5. The fourth-order valence-electron chi connectivity index (χ4n) is 2.20. The predicted molar refractivity (Wildman–Crippen MR) is 96.9 cm³/mol. The molecule has 0 bridgehead atoms. The van der Waals surface area contributed by atoms with E-state index in [9.17, 15) is 18.5 Å². The summed E-state index contributed by atoms with van der Waals surface area (Å²) in [7, 11) is -1.97. The lowest BCUT2D eigenvalue weighted by Gasteiger charge is -2.21. The lowest BCUT2D eigenvalue weighted by Crippen LogP contribution is -2.33. The van der Waals surface area contributed by atoms with Crippen molar-refractivity contribution in [3.63, 3.8) is 0 Å². The molecule has 0 aliphatic rings. The number of nitro groups is 1. The van der Waals surface area contributed by atoms with E-state index >= 15 is 0 Å². The summed E-state index contributed by atoms with van der Waals surface area (Å²) in [4.78, 5) is 10.8. The van der Waals surface area contributed by atoms with E-state index in [1.165, 1.54) is 10.4 Å². The maximum absolute atomic E-state index is 12.4. The first kappa shape index (κ1) is 18.9. The summed E-state index contributed by atoms with van der Waals surface area (Å²) >= 11 is 0. The van der Waals surface area contributed by atoms with Gasteiger partial charge >= 0.3 is 0 Å². The van der Waals surface area contributed by atoms with Gasteiger partial charge in [0, 0.05) is 25.7 Å². The molecule has 2 rings (SSSR count). The van der Waals surface area contributed by atoms with E-state index in [0.717, 1.165) is 5.56 Å². The summed E-state index contributed by atoms with van der Waals surface area (Å²) < 4.78 is 26.2. The van der Waals surface area contributed by atoms with Gasteiger partial charge in [-0.1, -0.05) is 24.3 Å². The Bertz CT molecular complexity index is 848. The second-order valence-electron chi connectivity index (χ2n) is 5.89. The molecule has 2 aromatic rings. The van der Waals surface area contributed by atoms with Gasteiger partial charge in [-0.05, 0) is 37.6 Å².